The Kier molecular flexibility index (Phi) is 5.16. The minimum Gasteiger partial charge on any atom is -0.350 e. The van der Waals surface area contributed by atoms with Gasteiger partial charge in [0.1, 0.15) is 17.6 Å². The molecule has 1 atom stereocenters. The van der Waals surface area contributed by atoms with E-state index in [4.69, 9.17) is 16.1 Å². The highest BCUT2D eigenvalue weighted by molar-refractivity contribution is 6.35. The van der Waals surface area contributed by atoms with Crippen LogP contribution < -0.4 is 5.32 Å². The molecular formula is C19H15ClF4N4O3. The third-order valence-corrected chi connectivity index (χ3v) is 5.47. The normalized spacial score (nSPS) is 15.1. The Balaban J connectivity index is 1.56. The smallest absolute Gasteiger partial charge is 0.350 e. The molecule has 0 bridgehead atoms. The summed E-state index contributed by atoms with van der Waals surface area (Å²) in [6, 6.07) is 1.96. The van der Waals surface area contributed by atoms with E-state index in [1.54, 1.807) is 0 Å². The Labute approximate surface area is 177 Å². The number of aromatic amines is 1. The molecule has 3 aromatic rings. The van der Waals surface area contributed by atoms with E-state index in [0.29, 0.717) is 16.6 Å². The second kappa shape index (κ2) is 7.56. The van der Waals surface area contributed by atoms with E-state index < -0.39 is 29.8 Å². The first kappa shape index (κ1) is 21.2. The average molecular weight is 459 g/mol. The van der Waals surface area contributed by atoms with Crippen LogP contribution in [0.5, 0.6) is 0 Å². The van der Waals surface area contributed by atoms with Crippen LogP contribution in [-0.2, 0) is 13.0 Å². The van der Waals surface area contributed by atoms with Gasteiger partial charge in [-0.15, -0.1) is 0 Å². The predicted molar refractivity (Wildman–Crippen MR) is 101 cm³/mol. The van der Waals surface area contributed by atoms with Gasteiger partial charge in [-0.05, 0) is 25.1 Å². The van der Waals surface area contributed by atoms with Gasteiger partial charge in [0.05, 0.1) is 17.3 Å². The van der Waals surface area contributed by atoms with Crippen molar-refractivity contribution in [2.24, 2.45) is 0 Å². The van der Waals surface area contributed by atoms with Crippen molar-refractivity contribution in [3.05, 3.63) is 51.8 Å². The first-order chi connectivity index (χ1) is 14.6. The maximum Gasteiger partial charge on any atom is 0.408 e. The van der Waals surface area contributed by atoms with Crippen LogP contribution in [0.1, 0.15) is 39.2 Å². The molecule has 2 amide bonds. The zero-order valence-corrected chi connectivity index (χ0v) is 16.7. The number of hydrogen-bond acceptors (Lipinski definition) is 4. The number of carbonyl (C=O) groups is 2. The summed E-state index contributed by atoms with van der Waals surface area (Å²) >= 11 is 5.95. The Morgan fingerprint density at radius 3 is 2.81 bits per heavy atom. The van der Waals surface area contributed by atoms with Crippen LogP contribution in [0.3, 0.4) is 0 Å². The van der Waals surface area contributed by atoms with E-state index in [2.05, 4.69) is 10.1 Å². The van der Waals surface area contributed by atoms with Gasteiger partial charge >= 0.3 is 6.18 Å². The molecule has 0 aliphatic carbocycles. The highest BCUT2D eigenvalue weighted by atomic mass is 35.5. The third kappa shape index (κ3) is 3.85. The summed E-state index contributed by atoms with van der Waals surface area (Å²) in [5.74, 6) is -2.51. The van der Waals surface area contributed by atoms with E-state index in [1.807, 2.05) is 5.32 Å². The highest BCUT2D eigenvalue weighted by Crippen LogP contribution is 2.29. The molecule has 164 valence electrons. The van der Waals surface area contributed by atoms with E-state index in [1.165, 1.54) is 23.1 Å². The number of aromatic nitrogens is 2. The lowest BCUT2D eigenvalue weighted by atomic mass is 10.0. The summed E-state index contributed by atoms with van der Waals surface area (Å²) in [6.45, 7) is 0.967. The maximum absolute atomic E-state index is 13.7. The first-order valence-electron chi connectivity index (χ1n) is 9.17. The van der Waals surface area contributed by atoms with E-state index in [0.717, 1.165) is 6.92 Å². The molecule has 0 fully saturated rings. The molecule has 0 spiro atoms. The minimum atomic E-state index is -4.62. The van der Waals surface area contributed by atoms with Crippen LogP contribution in [0.15, 0.2) is 22.7 Å². The Morgan fingerprint density at radius 2 is 2.10 bits per heavy atom. The largest absolute Gasteiger partial charge is 0.408 e. The third-order valence-electron chi connectivity index (χ3n) is 5.09. The van der Waals surface area contributed by atoms with Crippen LogP contribution in [0.2, 0.25) is 5.02 Å². The van der Waals surface area contributed by atoms with Crippen molar-refractivity contribution in [3.8, 4) is 0 Å². The molecule has 0 radical (unpaired) electrons. The predicted octanol–water partition coefficient (Wildman–Crippen LogP) is 3.83. The van der Waals surface area contributed by atoms with Crippen molar-refractivity contribution in [3.63, 3.8) is 0 Å². The number of carbonyl (C=O) groups excluding carboxylic acids is 2. The van der Waals surface area contributed by atoms with Crippen LogP contribution in [0.4, 0.5) is 17.6 Å². The lowest BCUT2D eigenvalue weighted by Gasteiger charge is -2.26. The highest BCUT2D eigenvalue weighted by Gasteiger charge is 2.39. The van der Waals surface area contributed by atoms with Crippen molar-refractivity contribution in [2.75, 3.05) is 6.54 Å². The number of nitrogens with one attached hydrogen (secondary N) is 2. The summed E-state index contributed by atoms with van der Waals surface area (Å²) in [5.41, 5.74) is 1.26. The zero-order chi connectivity index (χ0) is 22.5. The van der Waals surface area contributed by atoms with Gasteiger partial charge in [-0.2, -0.15) is 13.2 Å². The monoisotopic (exact) mass is 458 g/mol. The lowest BCUT2D eigenvalue weighted by Crippen LogP contribution is -2.43. The van der Waals surface area contributed by atoms with Crippen molar-refractivity contribution >= 4 is 34.3 Å². The molecule has 3 heterocycles. The summed E-state index contributed by atoms with van der Waals surface area (Å²) in [5, 5.41) is 5.79. The van der Waals surface area contributed by atoms with Gasteiger partial charge in [-0.1, -0.05) is 16.8 Å². The van der Waals surface area contributed by atoms with E-state index in [-0.39, 0.29) is 41.6 Å². The number of benzene rings is 1. The second-order valence-electron chi connectivity index (χ2n) is 7.16. The number of H-pyrrole nitrogens is 1. The van der Waals surface area contributed by atoms with Crippen molar-refractivity contribution in [1.82, 2.24) is 20.4 Å². The standard InChI is InChI=1S/C19H15ClF4N4O3/c1-8(19(22,23)24)25-17(29)16-10-7-28(5-4-13(10)27-31-16)18(30)14-6-9-12(26-14)3-2-11(21)15(9)20/h2-3,6,8,26H,4-5,7H2,1H3,(H,25,29). The molecule has 1 aliphatic rings. The number of halogens is 5. The fraction of sp³-hybridized carbons (Fsp3) is 0.316. The van der Waals surface area contributed by atoms with Gasteiger partial charge in [0.15, 0.2) is 0 Å². The Bertz CT molecular complexity index is 1190. The lowest BCUT2D eigenvalue weighted by molar-refractivity contribution is -0.149. The van der Waals surface area contributed by atoms with Gasteiger partial charge < -0.3 is 19.7 Å². The van der Waals surface area contributed by atoms with Gasteiger partial charge in [-0.3, -0.25) is 9.59 Å². The Morgan fingerprint density at radius 1 is 1.35 bits per heavy atom. The molecule has 1 unspecified atom stereocenters. The molecule has 12 heteroatoms. The average Bonchev–Trinajstić information content (AvgIpc) is 3.33. The van der Waals surface area contributed by atoms with Crippen LogP contribution in [-0.4, -0.2) is 45.6 Å². The summed E-state index contributed by atoms with van der Waals surface area (Å²) in [7, 11) is 0. The summed E-state index contributed by atoms with van der Waals surface area (Å²) in [6.07, 6.45) is -4.36. The van der Waals surface area contributed by atoms with Gasteiger partial charge in [-0.25, -0.2) is 4.39 Å². The van der Waals surface area contributed by atoms with Crippen LogP contribution in [0.25, 0.3) is 10.9 Å². The minimum absolute atomic E-state index is 0.0850. The second-order valence-corrected chi connectivity index (χ2v) is 7.53. The quantitative estimate of drug-likeness (QED) is 0.584. The van der Waals surface area contributed by atoms with Crippen LogP contribution >= 0.6 is 11.6 Å². The maximum atomic E-state index is 13.7. The molecule has 2 N–H and O–H groups in total. The van der Waals surface area contributed by atoms with Gasteiger partial charge in [0.2, 0.25) is 5.76 Å². The molecule has 31 heavy (non-hydrogen) atoms. The van der Waals surface area contributed by atoms with E-state index in [9.17, 15) is 27.2 Å². The SMILES string of the molecule is CC(NC(=O)c1onc2c1CN(C(=O)c1cc3c(Cl)c(F)ccc3[nH]1)CC2)C(F)(F)F. The fourth-order valence-electron chi connectivity index (χ4n) is 3.34. The molecular weight excluding hydrogens is 444 g/mol. The number of rotatable bonds is 3. The molecule has 4 rings (SSSR count). The molecule has 1 aliphatic heterocycles. The first-order valence-corrected chi connectivity index (χ1v) is 9.55. The zero-order valence-electron chi connectivity index (χ0n) is 15.9. The fourth-order valence-corrected chi connectivity index (χ4v) is 3.56. The topological polar surface area (TPSA) is 91.2 Å². The molecule has 0 saturated heterocycles. The molecule has 2 aromatic heterocycles. The van der Waals surface area contributed by atoms with Crippen molar-refractivity contribution in [1.29, 1.82) is 0 Å². The number of fused-ring (bicyclic) bond motifs is 2. The molecule has 1 aromatic carbocycles. The summed E-state index contributed by atoms with van der Waals surface area (Å²) in [4.78, 5) is 29.5. The van der Waals surface area contributed by atoms with E-state index >= 15 is 0 Å². The summed E-state index contributed by atoms with van der Waals surface area (Å²) < 4.78 is 56.8. The van der Waals surface area contributed by atoms with Crippen molar-refractivity contribution in [2.45, 2.75) is 32.1 Å². The van der Waals surface area contributed by atoms with Gasteiger partial charge in [0.25, 0.3) is 11.8 Å². The molecule has 7 nitrogen and oxygen atoms in total. The van der Waals surface area contributed by atoms with Crippen molar-refractivity contribution < 1.29 is 31.7 Å². The molecule has 0 saturated carbocycles. The van der Waals surface area contributed by atoms with Gasteiger partial charge in [0, 0.05) is 29.4 Å². The number of amides is 2. The number of alkyl halides is 3. The Hall–Kier alpha value is -3.08. The van der Waals surface area contributed by atoms with Crippen LogP contribution in [0, 0.1) is 5.82 Å². The number of nitrogens with zero attached hydrogens (tertiary/aromatic N) is 2. The number of hydrogen-bond donors (Lipinski definition) is 2.